The summed E-state index contributed by atoms with van der Waals surface area (Å²) in [5, 5.41) is 4.33. The molecule has 0 aliphatic rings. The molecule has 114 valence electrons. The van der Waals surface area contributed by atoms with E-state index in [0.717, 1.165) is 5.69 Å². The number of aromatic nitrogens is 3. The summed E-state index contributed by atoms with van der Waals surface area (Å²) in [5.41, 5.74) is 1.47. The first-order valence-corrected chi connectivity index (χ1v) is 7.98. The Kier molecular flexibility index (Phi) is 3.91. The number of anilines is 1. The van der Waals surface area contributed by atoms with Gasteiger partial charge < -0.3 is 4.98 Å². The number of hydrogen-bond acceptors (Lipinski definition) is 4. The van der Waals surface area contributed by atoms with Crippen molar-refractivity contribution in [2.75, 3.05) is 4.72 Å². The van der Waals surface area contributed by atoms with Crippen molar-refractivity contribution < 1.29 is 8.42 Å². The van der Waals surface area contributed by atoms with Gasteiger partial charge in [0.05, 0.1) is 17.1 Å². The first-order chi connectivity index (χ1) is 9.72. The lowest BCUT2D eigenvalue weighted by molar-refractivity contribution is 0.516. The van der Waals surface area contributed by atoms with Gasteiger partial charge in [-0.2, -0.15) is 5.10 Å². The fraction of sp³-hybridized carbons (Fsp3) is 0.385. The fourth-order valence-electron chi connectivity index (χ4n) is 2.07. The summed E-state index contributed by atoms with van der Waals surface area (Å²) >= 11 is 0. The molecule has 2 rings (SSSR count). The average molecular weight is 310 g/mol. The maximum absolute atomic E-state index is 12.3. The van der Waals surface area contributed by atoms with Crippen LogP contribution in [0, 0.1) is 13.8 Å². The number of nitrogens with one attached hydrogen (secondary N) is 2. The number of H-pyrrole nitrogens is 1. The van der Waals surface area contributed by atoms with Crippen molar-refractivity contribution >= 4 is 15.7 Å². The van der Waals surface area contributed by atoms with E-state index in [0.29, 0.717) is 11.4 Å². The van der Waals surface area contributed by atoms with Gasteiger partial charge >= 0.3 is 0 Å². The smallest absolute Gasteiger partial charge is 0.263 e. The molecule has 2 heterocycles. The third-order valence-electron chi connectivity index (χ3n) is 3.12. The molecule has 0 saturated heterocycles. The van der Waals surface area contributed by atoms with E-state index in [-0.39, 0.29) is 16.5 Å². The second kappa shape index (κ2) is 5.36. The number of nitrogens with zero attached hydrogens (tertiary/aromatic N) is 2. The summed E-state index contributed by atoms with van der Waals surface area (Å²) in [7, 11) is -3.76. The molecule has 0 bridgehead atoms. The Morgan fingerprint density at radius 3 is 2.43 bits per heavy atom. The van der Waals surface area contributed by atoms with Gasteiger partial charge in [-0.3, -0.25) is 14.2 Å². The van der Waals surface area contributed by atoms with Gasteiger partial charge in [-0.15, -0.1) is 0 Å². The van der Waals surface area contributed by atoms with Gasteiger partial charge in [0, 0.05) is 18.3 Å². The van der Waals surface area contributed by atoms with Crippen LogP contribution in [-0.2, 0) is 10.0 Å². The largest absolute Gasteiger partial charge is 0.328 e. The quantitative estimate of drug-likeness (QED) is 0.895. The minimum Gasteiger partial charge on any atom is -0.328 e. The van der Waals surface area contributed by atoms with Gasteiger partial charge in [0.2, 0.25) is 5.56 Å². The van der Waals surface area contributed by atoms with Gasteiger partial charge in [-0.1, -0.05) is 0 Å². The molecule has 7 nitrogen and oxygen atoms in total. The van der Waals surface area contributed by atoms with Crippen molar-refractivity contribution in [3.05, 3.63) is 40.1 Å². The summed E-state index contributed by atoms with van der Waals surface area (Å²) in [6.45, 7) is 7.50. The molecule has 21 heavy (non-hydrogen) atoms. The highest BCUT2D eigenvalue weighted by Crippen LogP contribution is 2.24. The Bertz CT molecular complexity index is 798. The third-order valence-corrected chi connectivity index (χ3v) is 4.46. The highest BCUT2D eigenvalue weighted by Gasteiger charge is 2.20. The van der Waals surface area contributed by atoms with Gasteiger partial charge in [-0.25, -0.2) is 8.42 Å². The normalized spacial score (nSPS) is 11.9. The van der Waals surface area contributed by atoms with Crippen LogP contribution >= 0.6 is 0 Å². The van der Waals surface area contributed by atoms with Crippen LogP contribution in [0.3, 0.4) is 0 Å². The number of sulfonamides is 1. The first-order valence-electron chi connectivity index (χ1n) is 6.49. The number of hydrogen-bond donors (Lipinski definition) is 2. The Morgan fingerprint density at radius 2 is 1.95 bits per heavy atom. The SMILES string of the molecule is Cc1nn(C(C)C)c(C)c1NS(=O)(=O)c1ccc(=O)[nH]c1. The summed E-state index contributed by atoms with van der Waals surface area (Å²) in [5.74, 6) is 0. The molecule has 0 spiro atoms. The van der Waals surface area contributed by atoms with Crippen LogP contribution < -0.4 is 10.3 Å². The van der Waals surface area contributed by atoms with Crippen molar-refractivity contribution in [1.29, 1.82) is 0 Å². The van der Waals surface area contributed by atoms with Crippen molar-refractivity contribution in [2.45, 2.75) is 38.6 Å². The second-order valence-corrected chi connectivity index (χ2v) is 6.76. The van der Waals surface area contributed by atoms with E-state index in [4.69, 9.17) is 0 Å². The van der Waals surface area contributed by atoms with Gasteiger partial charge in [-0.05, 0) is 33.8 Å². The molecule has 0 saturated carbocycles. The molecule has 0 radical (unpaired) electrons. The summed E-state index contributed by atoms with van der Waals surface area (Å²) < 4.78 is 28.9. The monoisotopic (exact) mass is 310 g/mol. The van der Waals surface area contributed by atoms with Crippen molar-refractivity contribution in [1.82, 2.24) is 14.8 Å². The zero-order valence-corrected chi connectivity index (χ0v) is 13.2. The first kappa shape index (κ1) is 15.3. The van der Waals surface area contributed by atoms with E-state index < -0.39 is 10.0 Å². The molecule has 0 aliphatic carbocycles. The molecular weight excluding hydrogens is 292 g/mol. The molecule has 0 aromatic carbocycles. The molecule has 2 N–H and O–H groups in total. The van der Waals surface area contributed by atoms with Crippen molar-refractivity contribution in [3.8, 4) is 0 Å². The maximum atomic E-state index is 12.3. The molecule has 0 amide bonds. The number of aryl methyl sites for hydroxylation is 1. The van der Waals surface area contributed by atoms with E-state index in [1.165, 1.54) is 18.3 Å². The predicted octanol–water partition coefficient (Wildman–Crippen LogP) is 1.57. The Morgan fingerprint density at radius 1 is 1.29 bits per heavy atom. The lowest BCUT2D eigenvalue weighted by atomic mass is 10.3. The standard InChI is InChI=1S/C13H18N4O3S/c1-8(2)17-10(4)13(9(3)15-17)16-21(19,20)11-5-6-12(18)14-7-11/h5-8,16H,1-4H3,(H,14,18). The highest BCUT2D eigenvalue weighted by atomic mass is 32.2. The fourth-order valence-corrected chi connectivity index (χ4v) is 3.21. The summed E-state index contributed by atoms with van der Waals surface area (Å²) in [4.78, 5) is 13.4. The van der Waals surface area contributed by atoms with Crippen molar-refractivity contribution in [3.63, 3.8) is 0 Å². The van der Waals surface area contributed by atoms with Crippen LogP contribution in [0.25, 0.3) is 0 Å². The molecule has 2 aromatic rings. The number of aromatic amines is 1. The molecular formula is C13H18N4O3S. The summed E-state index contributed by atoms with van der Waals surface area (Å²) in [6, 6.07) is 2.57. The number of pyridine rings is 1. The lowest BCUT2D eigenvalue weighted by Gasteiger charge is -2.10. The van der Waals surface area contributed by atoms with E-state index in [2.05, 4.69) is 14.8 Å². The van der Waals surface area contributed by atoms with Crippen LogP contribution in [-0.4, -0.2) is 23.2 Å². The molecule has 2 aromatic heterocycles. The predicted molar refractivity (Wildman–Crippen MR) is 80.0 cm³/mol. The van der Waals surface area contributed by atoms with E-state index in [1.807, 2.05) is 20.8 Å². The topological polar surface area (TPSA) is 96.8 Å². The molecule has 8 heteroatoms. The minimum atomic E-state index is -3.76. The lowest BCUT2D eigenvalue weighted by Crippen LogP contribution is -2.16. The van der Waals surface area contributed by atoms with Crippen LogP contribution in [0.5, 0.6) is 0 Å². The van der Waals surface area contributed by atoms with E-state index in [1.54, 1.807) is 11.6 Å². The van der Waals surface area contributed by atoms with Crippen molar-refractivity contribution in [2.24, 2.45) is 0 Å². The van der Waals surface area contributed by atoms with Crippen LogP contribution in [0.4, 0.5) is 5.69 Å². The Labute approximate surface area is 123 Å². The minimum absolute atomic E-state index is 0.00167. The Balaban J connectivity index is 2.42. The second-order valence-electron chi connectivity index (χ2n) is 5.08. The molecule has 0 atom stereocenters. The van der Waals surface area contributed by atoms with Gasteiger partial charge in [0.15, 0.2) is 0 Å². The average Bonchev–Trinajstić information content (AvgIpc) is 2.67. The van der Waals surface area contributed by atoms with E-state index in [9.17, 15) is 13.2 Å². The molecule has 0 fully saturated rings. The van der Waals surface area contributed by atoms with Gasteiger partial charge in [0.1, 0.15) is 4.90 Å². The zero-order valence-electron chi connectivity index (χ0n) is 12.3. The molecule has 0 aliphatic heterocycles. The third kappa shape index (κ3) is 2.99. The van der Waals surface area contributed by atoms with Crippen LogP contribution in [0.15, 0.2) is 28.0 Å². The Hall–Kier alpha value is -2.09. The van der Waals surface area contributed by atoms with Crippen LogP contribution in [0.2, 0.25) is 0 Å². The number of rotatable bonds is 4. The summed E-state index contributed by atoms with van der Waals surface area (Å²) in [6.07, 6.45) is 1.17. The highest BCUT2D eigenvalue weighted by molar-refractivity contribution is 7.92. The van der Waals surface area contributed by atoms with Gasteiger partial charge in [0.25, 0.3) is 10.0 Å². The van der Waals surface area contributed by atoms with Crippen LogP contribution in [0.1, 0.15) is 31.3 Å². The van der Waals surface area contributed by atoms with E-state index >= 15 is 0 Å². The zero-order chi connectivity index (χ0) is 15.8. The maximum Gasteiger partial charge on any atom is 0.263 e. The molecule has 0 unspecified atom stereocenters.